The second-order valence-corrected chi connectivity index (χ2v) is 8.43. The fraction of sp³-hybridized carbons (Fsp3) is 0.154. The van der Waals surface area contributed by atoms with Crippen molar-refractivity contribution < 1.29 is 18.8 Å². The van der Waals surface area contributed by atoms with Crippen molar-refractivity contribution >= 4 is 28.7 Å². The van der Waals surface area contributed by atoms with Gasteiger partial charge in [-0.3, -0.25) is 15.1 Å². The zero-order chi connectivity index (χ0) is 25.2. The number of benzene rings is 2. The molecule has 182 valence electrons. The average molecular weight is 503 g/mol. The number of anilines is 1. The van der Waals surface area contributed by atoms with Crippen molar-refractivity contribution in [2.75, 3.05) is 19.1 Å². The molecule has 0 spiro atoms. The molecule has 1 N–H and O–H groups in total. The summed E-state index contributed by atoms with van der Waals surface area (Å²) >= 11 is 5.75. The van der Waals surface area contributed by atoms with Crippen LogP contribution in [0, 0.1) is 10.1 Å². The Morgan fingerprint density at radius 3 is 2.53 bits per heavy atom. The number of furan rings is 1. The van der Waals surface area contributed by atoms with Gasteiger partial charge in [0.15, 0.2) is 5.11 Å². The first-order valence-corrected chi connectivity index (χ1v) is 11.5. The first kappa shape index (κ1) is 23.3. The molecule has 0 unspecified atom stereocenters. The van der Waals surface area contributed by atoms with E-state index in [4.69, 9.17) is 26.1 Å². The molecule has 1 fully saturated rings. The zero-order valence-electron chi connectivity index (χ0n) is 19.5. The van der Waals surface area contributed by atoms with E-state index < -0.39 is 4.92 Å². The van der Waals surface area contributed by atoms with Gasteiger partial charge in [0.2, 0.25) is 0 Å². The molecule has 1 aliphatic rings. The van der Waals surface area contributed by atoms with Gasteiger partial charge in [0.25, 0.3) is 5.69 Å². The highest BCUT2D eigenvalue weighted by molar-refractivity contribution is 7.80. The second kappa shape index (κ2) is 9.67. The van der Waals surface area contributed by atoms with Crippen LogP contribution in [-0.2, 0) is 0 Å². The minimum Gasteiger partial charge on any atom is -0.497 e. The highest BCUT2D eigenvalue weighted by Gasteiger charge is 2.42. The van der Waals surface area contributed by atoms with Crippen LogP contribution < -0.4 is 19.7 Å². The fourth-order valence-corrected chi connectivity index (χ4v) is 4.66. The smallest absolute Gasteiger partial charge is 0.273 e. The summed E-state index contributed by atoms with van der Waals surface area (Å²) in [5.41, 5.74) is 2.22. The van der Waals surface area contributed by atoms with Gasteiger partial charge in [0.05, 0.1) is 42.5 Å². The van der Waals surface area contributed by atoms with Gasteiger partial charge in [-0.05, 0) is 66.8 Å². The van der Waals surface area contributed by atoms with E-state index >= 15 is 0 Å². The molecule has 2 aromatic carbocycles. The number of nitrogens with zero attached hydrogens (tertiary/aromatic N) is 3. The van der Waals surface area contributed by atoms with Crippen molar-refractivity contribution in [3.63, 3.8) is 0 Å². The van der Waals surface area contributed by atoms with Gasteiger partial charge >= 0.3 is 0 Å². The number of nitro groups is 1. The highest BCUT2D eigenvalue weighted by atomic mass is 32.1. The van der Waals surface area contributed by atoms with Gasteiger partial charge in [-0.2, -0.15) is 0 Å². The molecule has 2 atom stereocenters. The van der Waals surface area contributed by atoms with E-state index in [0.717, 1.165) is 17.1 Å². The van der Waals surface area contributed by atoms with Gasteiger partial charge in [0.1, 0.15) is 29.1 Å². The lowest BCUT2D eigenvalue weighted by Crippen LogP contribution is -2.29. The summed E-state index contributed by atoms with van der Waals surface area (Å²) in [5, 5.41) is 15.1. The number of rotatable bonds is 7. The fourth-order valence-electron chi connectivity index (χ4n) is 4.32. The van der Waals surface area contributed by atoms with Crippen LogP contribution in [0.3, 0.4) is 0 Å². The molecule has 0 bridgehead atoms. The Kier molecular flexibility index (Phi) is 6.26. The summed E-state index contributed by atoms with van der Waals surface area (Å²) in [6.45, 7) is 0. The minimum absolute atomic E-state index is 0.0615. The summed E-state index contributed by atoms with van der Waals surface area (Å²) in [4.78, 5) is 17.3. The lowest BCUT2D eigenvalue weighted by atomic mass is 10.0. The maximum Gasteiger partial charge on any atom is 0.273 e. The van der Waals surface area contributed by atoms with E-state index in [1.807, 2.05) is 59.5 Å². The summed E-state index contributed by atoms with van der Waals surface area (Å²) in [6, 6.07) is 20.8. The van der Waals surface area contributed by atoms with Crippen molar-refractivity contribution in [1.82, 2.24) is 10.3 Å². The number of nitro benzene ring substituents is 1. The van der Waals surface area contributed by atoms with Crippen molar-refractivity contribution in [2.45, 2.75) is 12.1 Å². The molecule has 5 rings (SSSR count). The van der Waals surface area contributed by atoms with Crippen molar-refractivity contribution in [3.8, 4) is 22.8 Å². The predicted octanol–water partition coefficient (Wildman–Crippen LogP) is 5.44. The number of non-ortho nitro benzene ring substituents is 1. The van der Waals surface area contributed by atoms with Gasteiger partial charge in [0, 0.05) is 18.0 Å². The molecule has 1 saturated heterocycles. The number of hydrogen-bond acceptors (Lipinski definition) is 7. The van der Waals surface area contributed by atoms with Crippen LogP contribution in [0.1, 0.15) is 23.5 Å². The van der Waals surface area contributed by atoms with Crippen LogP contribution in [0.4, 0.5) is 11.4 Å². The largest absolute Gasteiger partial charge is 0.497 e. The quantitative estimate of drug-likeness (QED) is 0.201. The zero-order valence-corrected chi connectivity index (χ0v) is 20.3. The van der Waals surface area contributed by atoms with E-state index in [1.54, 1.807) is 19.4 Å². The van der Waals surface area contributed by atoms with E-state index in [1.165, 1.54) is 19.2 Å². The van der Waals surface area contributed by atoms with Gasteiger partial charge in [-0.25, -0.2) is 0 Å². The summed E-state index contributed by atoms with van der Waals surface area (Å²) < 4.78 is 17.1. The Labute approximate surface area is 212 Å². The Hall–Kier alpha value is -4.44. The third-order valence-corrected chi connectivity index (χ3v) is 6.34. The van der Waals surface area contributed by atoms with Gasteiger partial charge < -0.3 is 24.1 Å². The third kappa shape index (κ3) is 4.22. The molecule has 10 heteroatoms. The number of ether oxygens (including phenoxy) is 2. The first-order valence-electron chi connectivity index (χ1n) is 11.1. The Bertz CT molecular complexity index is 1410. The Morgan fingerprint density at radius 2 is 1.86 bits per heavy atom. The maximum absolute atomic E-state index is 11.2. The molecule has 1 aliphatic heterocycles. The number of methoxy groups -OCH3 is 2. The second-order valence-electron chi connectivity index (χ2n) is 8.04. The number of aromatic nitrogens is 1. The molecule has 0 saturated carbocycles. The molecule has 4 aromatic rings. The molecule has 0 radical (unpaired) electrons. The van der Waals surface area contributed by atoms with Crippen LogP contribution in [0.5, 0.6) is 11.5 Å². The molecule has 3 heterocycles. The third-order valence-electron chi connectivity index (χ3n) is 6.03. The molecule has 0 amide bonds. The molecule has 36 heavy (non-hydrogen) atoms. The van der Waals surface area contributed by atoms with Crippen LogP contribution >= 0.6 is 12.2 Å². The van der Waals surface area contributed by atoms with E-state index in [-0.39, 0.29) is 17.8 Å². The SMILES string of the molecule is COc1ccc(N2C(=S)N[C@H](c3ccccn3)[C@@H]2c2ccc(-c3ccc([N+](=O)[O-])cc3OC)o2)cc1. The van der Waals surface area contributed by atoms with Crippen molar-refractivity contribution in [3.05, 3.63) is 101 Å². The van der Waals surface area contributed by atoms with E-state index in [0.29, 0.717) is 27.9 Å². The van der Waals surface area contributed by atoms with Crippen LogP contribution in [0.2, 0.25) is 0 Å². The Balaban J connectivity index is 1.58. The molecular formula is C26H22N4O5S. The molecule has 2 aromatic heterocycles. The van der Waals surface area contributed by atoms with Crippen LogP contribution in [-0.4, -0.2) is 29.2 Å². The predicted molar refractivity (Wildman–Crippen MR) is 138 cm³/mol. The minimum atomic E-state index is -0.463. The lowest BCUT2D eigenvalue weighted by molar-refractivity contribution is -0.384. The summed E-state index contributed by atoms with van der Waals surface area (Å²) in [6.07, 6.45) is 1.74. The topological polar surface area (TPSA) is 103 Å². The molecule has 0 aliphatic carbocycles. The Morgan fingerprint density at radius 1 is 1.06 bits per heavy atom. The van der Waals surface area contributed by atoms with Crippen molar-refractivity contribution in [1.29, 1.82) is 0 Å². The van der Waals surface area contributed by atoms with Gasteiger partial charge in [-0.15, -0.1) is 0 Å². The number of pyridine rings is 1. The van der Waals surface area contributed by atoms with Crippen LogP contribution in [0.15, 0.2) is 83.4 Å². The molecule has 9 nitrogen and oxygen atoms in total. The van der Waals surface area contributed by atoms with Crippen LogP contribution in [0.25, 0.3) is 11.3 Å². The van der Waals surface area contributed by atoms with Gasteiger partial charge in [-0.1, -0.05) is 6.07 Å². The number of hydrogen-bond donors (Lipinski definition) is 1. The maximum atomic E-state index is 11.2. The lowest BCUT2D eigenvalue weighted by Gasteiger charge is -2.26. The van der Waals surface area contributed by atoms with E-state index in [9.17, 15) is 10.1 Å². The normalized spacial score (nSPS) is 17.1. The summed E-state index contributed by atoms with van der Waals surface area (Å²) in [7, 11) is 3.09. The summed E-state index contributed by atoms with van der Waals surface area (Å²) in [5.74, 6) is 2.24. The number of nitrogens with one attached hydrogen (secondary N) is 1. The number of thiocarbonyl (C=S) groups is 1. The first-order chi connectivity index (χ1) is 17.5. The molecular weight excluding hydrogens is 480 g/mol. The average Bonchev–Trinajstić information content (AvgIpc) is 3.53. The van der Waals surface area contributed by atoms with E-state index in [2.05, 4.69) is 10.3 Å². The standard InChI is InChI=1S/C26H22N4O5S/c1-33-18-9-6-16(7-10-18)29-25(24(28-26(29)36)20-5-3-4-14-27-20)22-13-12-21(35-22)19-11-8-17(30(31)32)15-23(19)34-2/h3-15,24-25H,1-2H3,(H,28,36)/t24-,25+/m1/s1. The monoisotopic (exact) mass is 502 g/mol. The van der Waals surface area contributed by atoms with Crippen molar-refractivity contribution in [2.24, 2.45) is 0 Å². The highest BCUT2D eigenvalue weighted by Crippen LogP contribution is 2.44.